The average molecular weight is 240 g/mol. The van der Waals surface area contributed by atoms with Crippen LogP contribution in [0.3, 0.4) is 0 Å². The summed E-state index contributed by atoms with van der Waals surface area (Å²) in [5.41, 5.74) is 0.587. The van der Waals surface area contributed by atoms with E-state index in [-0.39, 0.29) is 0 Å². The van der Waals surface area contributed by atoms with Crippen molar-refractivity contribution in [2.24, 2.45) is 0 Å². The lowest BCUT2D eigenvalue weighted by atomic mass is 10.1. The quantitative estimate of drug-likeness (QED) is 0.863. The van der Waals surface area contributed by atoms with Gasteiger partial charge in [0.25, 0.3) is 0 Å². The van der Waals surface area contributed by atoms with Crippen LogP contribution in [0, 0.1) is 11.6 Å². The lowest BCUT2D eigenvalue weighted by Gasteiger charge is -2.23. The Morgan fingerprint density at radius 1 is 1.41 bits per heavy atom. The molecule has 1 N–H and O–H groups in total. The third-order valence-electron chi connectivity index (χ3n) is 3.41. The predicted octanol–water partition coefficient (Wildman–Crippen LogP) is 1.80. The number of rotatable bonds is 4. The molecule has 0 aromatic heterocycles. The van der Waals surface area contributed by atoms with Crippen molar-refractivity contribution >= 4 is 0 Å². The molecule has 1 aromatic rings. The Bertz CT molecular complexity index is 376. The molecule has 1 aliphatic rings. The van der Waals surface area contributed by atoms with Crippen LogP contribution >= 0.6 is 0 Å². The van der Waals surface area contributed by atoms with Gasteiger partial charge in [-0.15, -0.1) is 0 Å². The summed E-state index contributed by atoms with van der Waals surface area (Å²) < 4.78 is 26.1. The van der Waals surface area contributed by atoms with E-state index in [0.29, 0.717) is 18.0 Å². The van der Waals surface area contributed by atoms with Crippen LogP contribution in [0.4, 0.5) is 8.78 Å². The van der Waals surface area contributed by atoms with Gasteiger partial charge >= 0.3 is 0 Å². The maximum absolute atomic E-state index is 13.4. The number of halogens is 2. The van der Waals surface area contributed by atoms with E-state index < -0.39 is 11.6 Å². The standard InChI is InChI=1S/C13H18F2N2/c1-17(12-4-6-16-9-12)7-5-10-2-3-11(14)8-13(10)15/h2-3,8,12,16H,4-7,9H2,1H3. The molecule has 17 heavy (non-hydrogen) atoms. The van der Waals surface area contributed by atoms with Gasteiger partial charge in [0.15, 0.2) is 0 Å². The van der Waals surface area contributed by atoms with Crippen LogP contribution < -0.4 is 5.32 Å². The molecule has 94 valence electrons. The van der Waals surface area contributed by atoms with E-state index in [1.807, 2.05) is 0 Å². The second-order valence-corrected chi connectivity index (χ2v) is 4.61. The van der Waals surface area contributed by atoms with Gasteiger partial charge in [0, 0.05) is 25.2 Å². The van der Waals surface area contributed by atoms with Crippen molar-refractivity contribution in [1.82, 2.24) is 10.2 Å². The number of hydrogen-bond donors (Lipinski definition) is 1. The summed E-state index contributed by atoms with van der Waals surface area (Å²) in [6.07, 6.45) is 1.77. The van der Waals surface area contributed by atoms with Gasteiger partial charge in [-0.3, -0.25) is 0 Å². The molecule has 1 unspecified atom stereocenters. The zero-order valence-corrected chi connectivity index (χ0v) is 10.0. The maximum Gasteiger partial charge on any atom is 0.129 e. The number of nitrogens with zero attached hydrogens (tertiary/aromatic N) is 1. The molecular formula is C13H18F2N2. The molecule has 0 saturated carbocycles. The van der Waals surface area contributed by atoms with E-state index in [1.165, 1.54) is 12.1 Å². The van der Waals surface area contributed by atoms with Crippen molar-refractivity contribution in [2.75, 3.05) is 26.7 Å². The fourth-order valence-electron chi connectivity index (χ4n) is 2.22. The van der Waals surface area contributed by atoms with Crippen molar-refractivity contribution in [3.05, 3.63) is 35.4 Å². The highest BCUT2D eigenvalue weighted by molar-refractivity contribution is 5.18. The molecule has 1 atom stereocenters. The second-order valence-electron chi connectivity index (χ2n) is 4.61. The van der Waals surface area contributed by atoms with Crippen LogP contribution in [0.15, 0.2) is 18.2 Å². The van der Waals surface area contributed by atoms with Gasteiger partial charge < -0.3 is 10.2 Å². The Kier molecular flexibility index (Phi) is 4.07. The zero-order chi connectivity index (χ0) is 12.3. The molecule has 0 amide bonds. The summed E-state index contributed by atoms with van der Waals surface area (Å²) in [5, 5.41) is 3.30. The van der Waals surface area contributed by atoms with Crippen LogP contribution in [0.5, 0.6) is 0 Å². The Morgan fingerprint density at radius 2 is 2.24 bits per heavy atom. The van der Waals surface area contributed by atoms with Gasteiger partial charge in [-0.1, -0.05) is 6.07 Å². The fraction of sp³-hybridized carbons (Fsp3) is 0.538. The molecule has 0 spiro atoms. The first-order chi connectivity index (χ1) is 8.16. The van der Waals surface area contributed by atoms with Gasteiger partial charge in [-0.2, -0.15) is 0 Å². The van der Waals surface area contributed by atoms with Crippen molar-refractivity contribution < 1.29 is 8.78 Å². The zero-order valence-electron chi connectivity index (χ0n) is 10.0. The first kappa shape index (κ1) is 12.5. The molecule has 1 fully saturated rings. The average Bonchev–Trinajstić information content (AvgIpc) is 2.81. The topological polar surface area (TPSA) is 15.3 Å². The number of likely N-dealkylation sites (N-methyl/N-ethyl adjacent to an activating group) is 1. The Hall–Kier alpha value is -1.00. The minimum Gasteiger partial charge on any atom is -0.315 e. The van der Waals surface area contributed by atoms with Crippen LogP contribution in [0.25, 0.3) is 0 Å². The molecular weight excluding hydrogens is 222 g/mol. The summed E-state index contributed by atoms with van der Waals surface area (Å²) >= 11 is 0. The first-order valence-corrected chi connectivity index (χ1v) is 6.01. The minimum absolute atomic E-state index is 0.442. The summed E-state index contributed by atoms with van der Waals surface area (Å²) in [6.45, 7) is 2.86. The molecule has 4 heteroatoms. The molecule has 2 nitrogen and oxygen atoms in total. The maximum atomic E-state index is 13.4. The van der Waals surface area contributed by atoms with Gasteiger partial charge in [0.2, 0.25) is 0 Å². The lowest BCUT2D eigenvalue weighted by molar-refractivity contribution is 0.259. The van der Waals surface area contributed by atoms with Gasteiger partial charge in [-0.25, -0.2) is 8.78 Å². The van der Waals surface area contributed by atoms with Crippen LogP contribution in [0.1, 0.15) is 12.0 Å². The monoisotopic (exact) mass is 240 g/mol. The smallest absolute Gasteiger partial charge is 0.129 e. The molecule has 0 radical (unpaired) electrons. The van der Waals surface area contributed by atoms with E-state index in [4.69, 9.17) is 0 Å². The summed E-state index contributed by atoms with van der Waals surface area (Å²) in [5.74, 6) is -0.956. The van der Waals surface area contributed by atoms with Crippen LogP contribution in [-0.2, 0) is 6.42 Å². The third-order valence-corrected chi connectivity index (χ3v) is 3.41. The van der Waals surface area contributed by atoms with E-state index in [1.54, 1.807) is 0 Å². The Morgan fingerprint density at radius 3 is 2.88 bits per heavy atom. The minimum atomic E-state index is -0.514. The number of benzene rings is 1. The second kappa shape index (κ2) is 5.56. The first-order valence-electron chi connectivity index (χ1n) is 6.01. The highest BCUT2D eigenvalue weighted by atomic mass is 19.1. The third kappa shape index (κ3) is 3.23. The lowest BCUT2D eigenvalue weighted by Crippen LogP contribution is -2.34. The van der Waals surface area contributed by atoms with Gasteiger partial charge in [-0.05, 0) is 38.1 Å². The molecule has 1 heterocycles. The number of hydrogen-bond acceptors (Lipinski definition) is 2. The largest absolute Gasteiger partial charge is 0.315 e. The van der Waals surface area contributed by atoms with Crippen molar-refractivity contribution in [1.29, 1.82) is 0 Å². The van der Waals surface area contributed by atoms with E-state index in [0.717, 1.165) is 32.1 Å². The highest BCUT2D eigenvalue weighted by Crippen LogP contribution is 2.12. The Balaban J connectivity index is 1.88. The summed E-state index contributed by atoms with van der Waals surface area (Å²) in [4.78, 5) is 2.24. The van der Waals surface area contributed by atoms with E-state index in [2.05, 4.69) is 17.3 Å². The van der Waals surface area contributed by atoms with Crippen LogP contribution in [-0.4, -0.2) is 37.6 Å². The van der Waals surface area contributed by atoms with E-state index >= 15 is 0 Å². The summed E-state index contributed by atoms with van der Waals surface area (Å²) in [6, 6.07) is 4.34. The molecule has 0 bridgehead atoms. The Labute approximate surface area is 101 Å². The number of nitrogens with one attached hydrogen (secondary N) is 1. The van der Waals surface area contributed by atoms with Gasteiger partial charge in [0.05, 0.1) is 0 Å². The molecule has 1 saturated heterocycles. The molecule has 0 aliphatic carbocycles. The molecule has 2 rings (SSSR count). The van der Waals surface area contributed by atoms with E-state index in [9.17, 15) is 8.78 Å². The summed E-state index contributed by atoms with van der Waals surface area (Å²) in [7, 11) is 2.05. The van der Waals surface area contributed by atoms with Gasteiger partial charge in [0.1, 0.15) is 11.6 Å². The predicted molar refractivity (Wildman–Crippen MR) is 64.0 cm³/mol. The van der Waals surface area contributed by atoms with Crippen molar-refractivity contribution in [3.63, 3.8) is 0 Å². The highest BCUT2D eigenvalue weighted by Gasteiger charge is 2.18. The SMILES string of the molecule is CN(CCc1ccc(F)cc1F)C1CCNC1. The van der Waals surface area contributed by atoms with Crippen molar-refractivity contribution in [3.8, 4) is 0 Å². The van der Waals surface area contributed by atoms with Crippen LogP contribution in [0.2, 0.25) is 0 Å². The normalized spacial score (nSPS) is 20.1. The van der Waals surface area contributed by atoms with Crippen molar-refractivity contribution in [2.45, 2.75) is 18.9 Å². The molecule has 1 aromatic carbocycles. The fourth-order valence-corrected chi connectivity index (χ4v) is 2.22. The molecule has 1 aliphatic heterocycles.